The number of alkyl carbamates (subject to hydrolysis) is 1. The smallest absolute Gasteiger partial charge is 0.408 e. The second-order valence-corrected chi connectivity index (χ2v) is 8.17. The number of guanidine groups is 1. The first-order valence-corrected chi connectivity index (χ1v) is 10.5. The van der Waals surface area contributed by atoms with E-state index in [0.29, 0.717) is 31.3 Å². The number of phenols is 1. The van der Waals surface area contributed by atoms with Crippen LogP contribution in [-0.4, -0.2) is 48.5 Å². The van der Waals surface area contributed by atoms with Crippen molar-refractivity contribution in [3.8, 4) is 11.5 Å². The molecule has 1 aromatic rings. The molecule has 178 valence electrons. The number of ether oxygens (including phenoxy) is 2. The van der Waals surface area contributed by atoms with Gasteiger partial charge in [-0.2, -0.15) is 0 Å². The van der Waals surface area contributed by atoms with Gasteiger partial charge in [-0.1, -0.05) is 19.9 Å². The van der Waals surface area contributed by atoms with Crippen molar-refractivity contribution in [1.29, 1.82) is 0 Å². The van der Waals surface area contributed by atoms with Gasteiger partial charge in [-0.15, -0.1) is 24.0 Å². The molecule has 1 aromatic carbocycles. The standard InChI is InChI=1S/C22H38N4O4.HI/c1-8-22(9-2,26-20(28)30-21(4,5)6)15-25-19(23-10-3)24-14-16-11-12-18(29-7)17(27)13-16;/h11-13,27H,8-10,14-15H2,1-7H3,(H,26,28)(H2,23,24,25);1H. The molecule has 1 amide bonds. The molecule has 0 aliphatic carbocycles. The van der Waals surface area contributed by atoms with E-state index in [1.165, 1.54) is 7.11 Å². The minimum atomic E-state index is -0.551. The molecule has 0 aliphatic heterocycles. The lowest BCUT2D eigenvalue weighted by Crippen LogP contribution is -2.57. The molecule has 31 heavy (non-hydrogen) atoms. The first-order chi connectivity index (χ1) is 14.1. The van der Waals surface area contributed by atoms with Gasteiger partial charge in [0.05, 0.1) is 19.2 Å². The Morgan fingerprint density at radius 1 is 1.13 bits per heavy atom. The van der Waals surface area contributed by atoms with Crippen molar-refractivity contribution in [2.75, 3.05) is 20.2 Å². The maximum absolute atomic E-state index is 12.3. The SMILES string of the molecule is CCNC(=NCc1ccc(OC)c(O)c1)NCC(CC)(CC)NC(=O)OC(C)(C)C.I. The molecule has 4 N–H and O–H groups in total. The molecule has 8 nitrogen and oxygen atoms in total. The molecule has 0 unspecified atom stereocenters. The van der Waals surface area contributed by atoms with Crippen LogP contribution in [0.4, 0.5) is 4.79 Å². The molecule has 0 saturated heterocycles. The fraction of sp³-hybridized carbons (Fsp3) is 0.636. The second-order valence-electron chi connectivity index (χ2n) is 8.17. The molecule has 0 aromatic heterocycles. The van der Waals surface area contributed by atoms with Gasteiger partial charge < -0.3 is 30.5 Å². The number of carbonyl (C=O) groups is 1. The minimum Gasteiger partial charge on any atom is -0.504 e. The Bertz CT molecular complexity index is 716. The summed E-state index contributed by atoms with van der Waals surface area (Å²) in [7, 11) is 1.51. The van der Waals surface area contributed by atoms with Gasteiger partial charge in [-0.3, -0.25) is 0 Å². The molecule has 0 saturated carbocycles. The summed E-state index contributed by atoms with van der Waals surface area (Å²) in [5.74, 6) is 1.14. The van der Waals surface area contributed by atoms with Gasteiger partial charge in [0.15, 0.2) is 17.5 Å². The zero-order chi connectivity index (χ0) is 22.8. The lowest BCUT2D eigenvalue weighted by atomic mass is 9.93. The van der Waals surface area contributed by atoms with E-state index in [9.17, 15) is 9.90 Å². The van der Waals surface area contributed by atoms with Gasteiger partial charge in [-0.05, 0) is 58.2 Å². The number of phenolic OH excluding ortho intramolecular Hbond substituents is 1. The molecule has 0 atom stereocenters. The molecule has 0 radical (unpaired) electrons. The predicted molar refractivity (Wildman–Crippen MR) is 136 cm³/mol. The zero-order valence-corrected chi connectivity index (χ0v) is 22.1. The van der Waals surface area contributed by atoms with Gasteiger partial charge >= 0.3 is 6.09 Å². The lowest BCUT2D eigenvalue weighted by Gasteiger charge is -2.34. The van der Waals surface area contributed by atoms with Crippen molar-refractivity contribution >= 4 is 36.0 Å². The largest absolute Gasteiger partial charge is 0.504 e. The van der Waals surface area contributed by atoms with Crippen LogP contribution in [0.25, 0.3) is 0 Å². The fourth-order valence-corrected chi connectivity index (χ4v) is 2.84. The number of halogens is 1. The number of carbonyl (C=O) groups excluding carboxylic acids is 1. The number of amides is 1. The molecule has 1 rings (SSSR count). The Labute approximate surface area is 203 Å². The average molecular weight is 550 g/mol. The topological polar surface area (TPSA) is 104 Å². The molecular formula is C22H39IN4O4. The van der Waals surface area contributed by atoms with E-state index in [1.54, 1.807) is 12.1 Å². The molecule has 0 bridgehead atoms. The van der Waals surface area contributed by atoms with Gasteiger partial charge in [0.2, 0.25) is 0 Å². The lowest BCUT2D eigenvalue weighted by molar-refractivity contribution is 0.0448. The highest BCUT2D eigenvalue weighted by atomic mass is 127. The maximum atomic E-state index is 12.3. The summed E-state index contributed by atoms with van der Waals surface area (Å²) in [6.07, 6.45) is 1.05. The Balaban J connectivity index is 0.00000900. The van der Waals surface area contributed by atoms with Crippen LogP contribution in [0.15, 0.2) is 23.2 Å². The quantitative estimate of drug-likeness (QED) is 0.209. The van der Waals surface area contributed by atoms with Crippen molar-refractivity contribution < 1.29 is 19.4 Å². The highest BCUT2D eigenvalue weighted by Crippen LogP contribution is 2.26. The Morgan fingerprint density at radius 2 is 1.77 bits per heavy atom. The van der Waals surface area contributed by atoms with Crippen LogP contribution < -0.4 is 20.7 Å². The van der Waals surface area contributed by atoms with Gasteiger partial charge in [0.1, 0.15) is 5.60 Å². The monoisotopic (exact) mass is 550 g/mol. The highest BCUT2D eigenvalue weighted by molar-refractivity contribution is 14.0. The van der Waals surface area contributed by atoms with Crippen LogP contribution in [0.2, 0.25) is 0 Å². The summed E-state index contributed by atoms with van der Waals surface area (Å²) in [6, 6.07) is 5.21. The van der Waals surface area contributed by atoms with E-state index in [1.807, 2.05) is 47.6 Å². The van der Waals surface area contributed by atoms with Gasteiger partial charge in [-0.25, -0.2) is 9.79 Å². The number of nitrogens with one attached hydrogen (secondary N) is 3. The minimum absolute atomic E-state index is 0. The van der Waals surface area contributed by atoms with Gasteiger partial charge in [0, 0.05) is 13.1 Å². The third kappa shape index (κ3) is 10.3. The average Bonchev–Trinajstić information content (AvgIpc) is 2.67. The van der Waals surface area contributed by atoms with E-state index in [4.69, 9.17) is 9.47 Å². The van der Waals surface area contributed by atoms with E-state index >= 15 is 0 Å². The normalized spacial score (nSPS) is 11.9. The molecule has 0 aliphatic rings. The first-order valence-electron chi connectivity index (χ1n) is 10.5. The van der Waals surface area contributed by atoms with Crippen LogP contribution in [0, 0.1) is 0 Å². The Hall–Kier alpha value is -1.91. The molecule has 9 heteroatoms. The molecule has 0 spiro atoms. The maximum Gasteiger partial charge on any atom is 0.408 e. The molecular weight excluding hydrogens is 511 g/mol. The second kappa shape index (κ2) is 13.5. The van der Waals surface area contributed by atoms with Crippen LogP contribution >= 0.6 is 24.0 Å². The first kappa shape index (κ1) is 29.1. The van der Waals surface area contributed by atoms with Crippen LogP contribution in [0.5, 0.6) is 11.5 Å². The van der Waals surface area contributed by atoms with Crippen molar-refractivity contribution in [1.82, 2.24) is 16.0 Å². The van der Waals surface area contributed by atoms with Crippen molar-refractivity contribution in [3.63, 3.8) is 0 Å². The van der Waals surface area contributed by atoms with Crippen LogP contribution in [0.3, 0.4) is 0 Å². The number of nitrogens with zero attached hydrogens (tertiary/aromatic N) is 1. The Kier molecular flexibility index (Phi) is 12.7. The molecule has 0 heterocycles. The summed E-state index contributed by atoms with van der Waals surface area (Å²) in [5.41, 5.74) is -0.156. The number of aliphatic imine (C=N–C) groups is 1. The van der Waals surface area contributed by atoms with E-state index in [2.05, 4.69) is 20.9 Å². The van der Waals surface area contributed by atoms with Crippen molar-refractivity contribution in [3.05, 3.63) is 23.8 Å². The number of hydrogen-bond acceptors (Lipinski definition) is 5. The number of hydrogen-bond donors (Lipinski definition) is 4. The summed E-state index contributed by atoms with van der Waals surface area (Å²) < 4.78 is 10.5. The van der Waals surface area contributed by atoms with E-state index < -0.39 is 17.2 Å². The van der Waals surface area contributed by atoms with E-state index in [-0.39, 0.29) is 29.7 Å². The Morgan fingerprint density at radius 3 is 2.26 bits per heavy atom. The highest BCUT2D eigenvalue weighted by Gasteiger charge is 2.30. The summed E-state index contributed by atoms with van der Waals surface area (Å²) in [4.78, 5) is 16.9. The third-order valence-corrected chi connectivity index (χ3v) is 4.72. The predicted octanol–water partition coefficient (Wildman–Crippen LogP) is 4.16. The van der Waals surface area contributed by atoms with Crippen molar-refractivity contribution in [2.45, 2.75) is 72.1 Å². The summed E-state index contributed by atoms with van der Waals surface area (Å²) in [5, 5.41) is 19.5. The third-order valence-electron chi connectivity index (χ3n) is 4.72. The summed E-state index contributed by atoms with van der Waals surface area (Å²) >= 11 is 0. The summed E-state index contributed by atoms with van der Waals surface area (Å²) in [6.45, 7) is 13.2. The number of rotatable bonds is 9. The zero-order valence-electron chi connectivity index (χ0n) is 19.8. The van der Waals surface area contributed by atoms with E-state index in [0.717, 1.165) is 18.4 Å². The van der Waals surface area contributed by atoms with Crippen molar-refractivity contribution in [2.24, 2.45) is 4.99 Å². The number of benzene rings is 1. The number of aromatic hydroxyl groups is 1. The number of methoxy groups -OCH3 is 1. The van der Waals surface area contributed by atoms with Crippen LogP contribution in [-0.2, 0) is 11.3 Å². The fourth-order valence-electron chi connectivity index (χ4n) is 2.84. The molecule has 0 fully saturated rings. The van der Waals surface area contributed by atoms with Gasteiger partial charge in [0.25, 0.3) is 0 Å². The van der Waals surface area contributed by atoms with Crippen LogP contribution in [0.1, 0.15) is 59.9 Å².